The van der Waals surface area contributed by atoms with E-state index in [0.29, 0.717) is 0 Å². The lowest BCUT2D eigenvalue weighted by atomic mass is 9.83. The lowest BCUT2D eigenvalue weighted by molar-refractivity contribution is 0.591. The van der Waals surface area contributed by atoms with Crippen LogP contribution in [0.25, 0.3) is 76.8 Å². The SMILES string of the molecule is Cc1ccccc1-c1ccc(C)c(N(c2cc(-c3ccccc3)ccc2C)c2cc(N(c3cc(-c4ccccc4)ccc3C)c3cc(-c4ccccc4C)ccc3C)c3ccc4cc(C(C)(C)C)cc5ccc2c3c54)c1. The molecule has 0 spiro atoms. The Hall–Kier alpha value is -8.72. The van der Waals surface area contributed by atoms with Gasteiger partial charge in [0, 0.05) is 38.9 Å². The zero-order valence-electron chi connectivity index (χ0n) is 45.3. The normalized spacial score (nSPS) is 11.8. The van der Waals surface area contributed by atoms with Crippen LogP contribution in [0.1, 0.15) is 59.7 Å². The smallest absolute Gasteiger partial charge is 0.0561 e. The van der Waals surface area contributed by atoms with Crippen molar-refractivity contribution >= 4 is 66.4 Å². The van der Waals surface area contributed by atoms with Crippen molar-refractivity contribution < 1.29 is 0 Å². The van der Waals surface area contributed by atoms with E-state index in [1.54, 1.807) is 0 Å². The highest BCUT2D eigenvalue weighted by Crippen LogP contribution is 2.53. The zero-order valence-corrected chi connectivity index (χ0v) is 45.3. The van der Waals surface area contributed by atoms with Crippen molar-refractivity contribution in [3.63, 3.8) is 0 Å². The van der Waals surface area contributed by atoms with Gasteiger partial charge in [0.25, 0.3) is 0 Å². The van der Waals surface area contributed by atoms with Gasteiger partial charge in [0.05, 0.1) is 11.4 Å². The van der Waals surface area contributed by atoms with Gasteiger partial charge in [-0.25, -0.2) is 0 Å². The molecule has 2 nitrogen and oxygen atoms in total. The summed E-state index contributed by atoms with van der Waals surface area (Å²) in [6, 6.07) is 84.3. The van der Waals surface area contributed by atoms with Gasteiger partial charge in [-0.15, -0.1) is 0 Å². The summed E-state index contributed by atoms with van der Waals surface area (Å²) in [6.45, 7) is 20.5. The van der Waals surface area contributed by atoms with Crippen molar-refractivity contribution in [2.45, 2.75) is 67.7 Å². The molecule has 0 atom stereocenters. The third kappa shape index (κ3) is 8.58. The minimum Gasteiger partial charge on any atom is -0.309 e. The molecule has 0 saturated heterocycles. The van der Waals surface area contributed by atoms with Gasteiger partial charge in [0.1, 0.15) is 0 Å². The highest BCUT2D eigenvalue weighted by molar-refractivity contribution is 6.29. The fourth-order valence-electron chi connectivity index (χ4n) is 11.6. The van der Waals surface area contributed by atoms with Gasteiger partial charge in [-0.05, 0) is 177 Å². The van der Waals surface area contributed by atoms with E-state index in [1.807, 2.05) is 0 Å². The van der Waals surface area contributed by atoms with E-state index in [9.17, 15) is 0 Å². The molecule has 0 fully saturated rings. The molecule has 370 valence electrons. The van der Waals surface area contributed by atoms with Crippen molar-refractivity contribution in [3.05, 3.63) is 263 Å². The predicted octanol–water partition coefficient (Wildman–Crippen LogP) is 21.3. The van der Waals surface area contributed by atoms with Crippen LogP contribution < -0.4 is 9.80 Å². The molecule has 0 aromatic heterocycles. The number of anilines is 6. The highest BCUT2D eigenvalue weighted by atomic mass is 15.2. The largest absolute Gasteiger partial charge is 0.309 e. The van der Waals surface area contributed by atoms with Gasteiger partial charge in [0.15, 0.2) is 0 Å². The molecule has 0 aliphatic rings. The van der Waals surface area contributed by atoms with Crippen molar-refractivity contribution in [2.24, 2.45) is 0 Å². The Balaban J connectivity index is 1.25. The number of benzene rings is 12. The van der Waals surface area contributed by atoms with Gasteiger partial charge < -0.3 is 9.80 Å². The summed E-state index contributed by atoms with van der Waals surface area (Å²) >= 11 is 0. The Labute approximate surface area is 449 Å². The molecule has 0 aliphatic carbocycles. The molecule has 12 aromatic rings. The molecular formula is C74H64N2. The van der Waals surface area contributed by atoms with E-state index in [2.05, 4.69) is 297 Å². The van der Waals surface area contributed by atoms with E-state index in [1.165, 1.54) is 116 Å². The molecule has 12 aromatic carbocycles. The van der Waals surface area contributed by atoms with Crippen molar-refractivity contribution in [1.29, 1.82) is 0 Å². The first-order valence-electron chi connectivity index (χ1n) is 26.8. The maximum absolute atomic E-state index is 2.59. The number of hydrogen-bond acceptors (Lipinski definition) is 2. The van der Waals surface area contributed by atoms with Crippen molar-refractivity contribution in [2.75, 3.05) is 9.80 Å². The Bertz CT molecular complexity index is 3900. The van der Waals surface area contributed by atoms with Crippen LogP contribution in [0, 0.1) is 41.5 Å². The third-order valence-corrected chi connectivity index (χ3v) is 15.9. The molecule has 0 saturated carbocycles. The number of rotatable bonds is 10. The first kappa shape index (κ1) is 48.2. The lowest BCUT2D eigenvalue weighted by Gasteiger charge is -2.35. The van der Waals surface area contributed by atoms with Crippen LogP contribution in [0.5, 0.6) is 0 Å². The molecule has 0 N–H and O–H groups in total. The van der Waals surface area contributed by atoms with E-state index in [-0.39, 0.29) is 5.41 Å². The van der Waals surface area contributed by atoms with Crippen LogP contribution in [0.15, 0.2) is 224 Å². The standard InChI is InChI=1S/C74H64N2/c1-47-20-16-18-26-62(47)57-34-30-51(5)68(44-57)75(66-42-55(32-28-49(66)3)53-22-12-10-13-23-53)70-46-71(65-39-37-60-41-61(74(7,8)9)40-59-36-38-64(70)73(65)72(59)60)76(67-43-56(33-29-50(67)4)54-24-14-11-15-25-54)69-45-58(35-31-52(69)6)63-27-19-17-21-48(63)2/h10-46H,1-9H3. The van der Waals surface area contributed by atoms with E-state index in [4.69, 9.17) is 0 Å². The monoisotopic (exact) mass is 981 g/mol. The molecule has 0 unspecified atom stereocenters. The van der Waals surface area contributed by atoms with Gasteiger partial charge in [-0.1, -0.05) is 215 Å². The number of nitrogens with zero attached hydrogens (tertiary/aromatic N) is 2. The molecule has 0 bridgehead atoms. The van der Waals surface area contributed by atoms with Gasteiger partial charge in [-0.2, -0.15) is 0 Å². The van der Waals surface area contributed by atoms with E-state index in [0.717, 1.165) is 34.1 Å². The summed E-state index contributed by atoms with van der Waals surface area (Å²) in [5, 5.41) is 7.44. The minimum absolute atomic E-state index is 0.0315. The van der Waals surface area contributed by atoms with E-state index >= 15 is 0 Å². The van der Waals surface area contributed by atoms with Crippen molar-refractivity contribution in [3.8, 4) is 44.5 Å². The molecule has 0 aliphatic heterocycles. The average Bonchev–Trinajstić information content (AvgIpc) is 3.59. The summed E-state index contributed by atoms with van der Waals surface area (Å²) in [7, 11) is 0. The second kappa shape index (κ2) is 19.2. The fraction of sp³-hybridized carbons (Fsp3) is 0.135. The maximum atomic E-state index is 2.59. The minimum atomic E-state index is -0.0315. The molecule has 0 radical (unpaired) electrons. The summed E-state index contributed by atoms with van der Waals surface area (Å²) in [4.78, 5) is 5.19. The summed E-state index contributed by atoms with van der Waals surface area (Å²) in [6.07, 6.45) is 0. The highest BCUT2D eigenvalue weighted by Gasteiger charge is 2.29. The quantitative estimate of drug-likeness (QED) is 0.126. The zero-order chi connectivity index (χ0) is 52.4. The molecule has 0 heterocycles. The predicted molar refractivity (Wildman–Crippen MR) is 328 cm³/mol. The van der Waals surface area contributed by atoms with Crippen LogP contribution in [0.3, 0.4) is 0 Å². The Morgan fingerprint density at radius 3 is 1.00 bits per heavy atom. The Morgan fingerprint density at radius 2 is 0.618 bits per heavy atom. The topological polar surface area (TPSA) is 6.48 Å². The molecule has 12 rings (SSSR count). The van der Waals surface area contributed by atoms with Crippen LogP contribution in [-0.4, -0.2) is 0 Å². The number of hydrogen-bond donors (Lipinski definition) is 0. The second-order valence-electron chi connectivity index (χ2n) is 22.1. The van der Waals surface area contributed by atoms with Crippen LogP contribution in [0.2, 0.25) is 0 Å². The molecule has 0 amide bonds. The molecule has 2 heteroatoms. The molecule has 76 heavy (non-hydrogen) atoms. The summed E-state index contributed by atoms with van der Waals surface area (Å²) < 4.78 is 0. The Kier molecular flexibility index (Phi) is 12.2. The maximum Gasteiger partial charge on any atom is 0.0561 e. The Morgan fingerprint density at radius 1 is 0.263 bits per heavy atom. The van der Waals surface area contributed by atoms with Crippen LogP contribution >= 0.6 is 0 Å². The fourth-order valence-corrected chi connectivity index (χ4v) is 11.6. The third-order valence-electron chi connectivity index (χ3n) is 15.9. The van der Waals surface area contributed by atoms with Crippen LogP contribution in [0.4, 0.5) is 34.1 Å². The molecular weight excluding hydrogens is 917 g/mol. The number of aryl methyl sites for hydroxylation is 6. The second-order valence-corrected chi connectivity index (χ2v) is 22.1. The van der Waals surface area contributed by atoms with Crippen molar-refractivity contribution in [1.82, 2.24) is 0 Å². The van der Waals surface area contributed by atoms with Gasteiger partial charge >= 0.3 is 0 Å². The average molecular weight is 981 g/mol. The first-order chi connectivity index (χ1) is 36.8. The summed E-state index contributed by atoms with van der Waals surface area (Å²) in [5.74, 6) is 0. The summed E-state index contributed by atoms with van der Waals surface area (Å²) in [5.41, 5.74) is 24.9. The lowest BCUT2D eigenvalue weighted by Crippen LogP contribution is -2.17. The van der Waals surface area contributed by atoms with Gasteiger partial charge in [-0.3, -0.25) is 0 Å². The van der Waals surface area contributed by atoms with Crippen LogP contribution in [-0.2, 0) is 5.41 Å². The van der Waals surface area contributed by atoms with Gasteiger partial charge in [0.2, 0.25) is 0 Å². The van der Waals surface area contributed by atoms with E-state index < -0.39 is 0 Å². The first-order valence-corrected chi connectivity index (χ1v) is 26.8.